The van der Waals surface area contributed by atoms with Crippen LogP contribution in [-0.4, -0.2) is 19.6 Å². The predicted octanol–water partition coefficient (Wildman–Crippen LogP) is 2.88. The summed E-state index contributed by atoms with van der Waals surface area (Å²) in [5, 5.41) is 9.85. The van der Waals surface area contributed by atoms with E-state index in [-0.39, 0.29) is 17.0 Å². The molecule has 0 aliphatic heterocycles. The van der Waals surface area contributed by atoms with Crippen molar-refractivity contribution in [1.82, 2.24) is 19.6 Å². The second kappa shape index (κ2) is 5.04. The normalized spacial score (nSPS) is 12.6. The Bertz CT molecular complexity index is 673. The quantitative estimate of drug-likeness (QED) is 0.866. The van der Waals surface area contributed by atoms with Crippen molar-refractivity contribution in [3.63, 3.8) is 0 Å². The van der Waals surface area contributed by atoms with Crippen LogP contribution in [0, 0.1) is 0 Å². The summed E-state index contributed by atoms with van der Waals surface area (Å²) >= 11 is 0. The molecule has 0 aliphatic rings. The van der Waals surface area contributed by atoms with E-state index >= 15 is 0 Å². The third-order valence-electron chi connectivity index (χ3n) is 3.33. The van der Waals surface area contributed by atoms with Gasteiger partial charge in [0, 0.05) is 11.9 Å². The fourth-order valence-corrected chi connectivity index (χ4v) is 2.39. The van der Waals surface area contributed by atoms with Crippen molar-refractivity contribution < 1.29 is 0 Å². The van der Waals surface area contributed by atoms with E-state index in [0.29, 0.717) is 12.1 Å². The van der Waals surface area contributed by atoms with Gasteiger partial charge in [-0.05, 0) is 33.1 Å². The van der Waals surface area contributed by atoms with Gasteiger partial charge in [0.25, 0.3) is 5.56 Å². The largest absolute Gasteiger partial charge is 0.292 e. The SMILES string of the molecule is CCCn1nc(C(C)C)c2cnn(C(C)(C)C)c2c1=O. The van der Waals surface area contributed by atoms with Crippen LogP contribution in [-0.2, 0) is 12.1 Å². The summed E-state index contributed by atoms with van der Waals surface area (Å²) < 4.78 is 3.41. The van der Waals surface area contributed by atoms with Gasteiger partial charge in [-0.25, -0.2) is 4.68 Å². The highest BCUT2D eigenvalue weighted by atomic mass is 16.1. The first-order valence-corrected chi connectivity index (χ1v) is 7.26. The Morgan fingerprint density at radius 3 is 2.45 bits per heavy atom. The van der Waals surface area contributed by atoms with Crippen molar-refractivity contribution in [1.29, 1.82) is 0 Å². The van der Waals surface area contributed by atoms with Gasteiger partial charge in [-0.15, -0.1) is 0 Å². The highest BCUT2D eigenvalue weighted by Gasteiger charge is 2.23. The van der Waals surface area contributed by atoms with Crippen molar-refractivity contribution in [3.05, 3.63) is 22.2 Å². The molecule has 0 radical (unpaired) electrons. The lowest BCUT2D eigenvalue weighted by Crippen LogP contribution is -2.31. The van der Waals surface area contributed by atoms with E-state index in [9.17, 15) is 4.79 Å². The van der Waals surface area contributed by atoms with Gasteiger partial charge in [-0.1, -0.05) is 20.8 Å². The zero-order valence-electron chi connectivity index (χ0n) is 13.3. The minimum atomic E-state index is -0.222. The average Bonchev–Trinajstić information content (AvgIpc) is 2.77. The van der Waals surface area contributed by atoms with Crippen molar-refractivity contribution in [3.8, 4) is 0 Å². The van der Waals surface area contributed by atoms with Crippen LogP contribution in [0.1, 0.15) is 59.6 Å². The van der Waals surface area contributed by atoms with Crippen molar-refractivity contribution in [2.45, 2.75) is 66.0 Å². The van der Waals surface area contributed by atoms with E-state index < -0.39 is 0 Å². The Morgan fingerprint density at radius 2 is 1.95 bits per heavy atom. The third kappa shape index (κ3) is 2.37. The molecule has 0 aliphatic carbocycles. The number of aryl methyl sites for hydroxylation is 1. The van der Waals surface area contributed by atoms with Crippen LogP contribution < -0.4 is 5.56 Å². The lowest BCUT2D eigenvalue weighted by atomic mass is 10.1. The summed E-state index contributed by atoms with van der Waals surface area (Å²) in [6.45, 7) is 13.0. The van der Waals surface area contributed by atoms with Crippen LogP contribution in [0.4, 0.5) is 0 Å². The topological polar surface area (TPSA) is 52.7 Å². The van der Waals surface area contributed by atoms with Crippen LogP contribution in [0.3, 0.4) is 0 Å². The molecule has 0 saturated heterocycles. The Labute approximate surface area is 119 Å². The molecule has 0 unspecified atom stereocenters. The second-order valence-electron chi connectivity index (χ2n) is 6.56. The van der Waals surface area contributed by atoms with Crippen LogP contribution in [0.15, 0.2) is 11.0 Å². The molecule has 2 rings (SSSR count). The summed E-state index contributed by atoms with van der Waals surface area (Å²) in [6, 6.07) is 0. The van der Waals surface area contributed by atoms with E-state index in [1.807, 2.05) is 4.68 Å². The molecule has 0 fully saturated rings. The number of rotatable bonds is 3. The van der Waals surface area contributed by atoms with E-state index in [4.69, 9.17) is 0 Å². The molecule has 0 atom stereocenters. The molecule has 0 aromatic carbocycles. The summed E-state index contributed by atoms with van der Waals surface area (Å²) in [7, 11) is 0. The maximum Gasteiger partial charge on any atom is 0.292 e. The Balaban J connectivity index is 2.87. The number of aromatic nitrogens is 4. The Morgan fingerprint density at radius 1 is 1.30 bits per heavy atom. The number of hydrogen-bond acceptors (Lipinski definition) is 3. The molecule has 110 valence electrons. The average molecular weight is 276 g/mol. The number of hydrogen-bond donors (Lipinski definition) is 0. The Hall–Kier alpha value is -1.65. The molecule has 0 amide bonds. The van der Waals surface area contributed by atoms with Gasteiger partial charge in [0.2, 0.25) is 0 Å². The molecule has 5 heteroatoms. The summed E-state index contributed by atoms with van der Waals surface area (Å²) in [4.78, 5) is 12.7. The van der Waals surface area contributed by atoms with E-state index in [1.54, 1.807) is 10.9 Å². The first kappa shape index (κ1) is 14.8. The minimum absolute atomic E-state index is 0.0429. The molecule has 20 heavy (non-hydrogen) atoms. The van der Waals surface area contributed by atoms with E-state index in [1.165, 1.54) is 0 Å². The summed E-state index contributed by atoms with van der Waals surface area (Å²) in [5.41, 5.74) is 1.35. The van der Waals surface area contributed by atoms with Crippen molar-refractivity contribution in [2.75, 3.05) is 0 Å². The molecule has 0 saturated carbocycles. The fraction of sp³-hybridized carbons (Fsp3) is 0.667. The van der Waals surface area contributed by atoms with Gasteiger partial charge in [0.1, 0.15) is 5.52 Å². The lowest BCUT2D eigenvalue weighted by molar-refractivity contribution is 0.366. The first-order valence-electron chi connectivity index (χ1n) is 7.26. The molecular formula is C15H24N4O. The van der Waals surface area contributed by atoms with Gasteiger partial charge in [-0.2, -0.15) is 10.2 Å². The maximum atomic E-state index is 12.7. The molecule has 2 aromatic rings. The minimum Gasteiger partial charge on any atom is -0.265 e. The smallest absolute Gasteiger partial charge is 0.265 e. The highest BCUT2D eigenvalue weighted by molar-refractivity contribution is 5.80. The van der Waals surface area contributed by atoms with Gasteiger partial charge in [0.05, 0.1) is 17.4 Å². The summed E-state index contributed by atoms with van der Waals surface area (Å²) in [5.74, 6) is 0.263. The van der Waals surface area contributed by atoms with Crippen molar-refractivity contribution >= 4 is 10.9 Å². The van der Waals surface area contributed by atoms with Gasteiger partial charge in [-0.3, -0.25) is 9.48 Å². The zero-order valence-corrected chi connectivity index (χ0v) is 13.3. The van der Waals surface area contributed by atoms with Crippen LogP contribution in [0.2, 0.25) is 0 Å². The summed E-state index contributed by atoms with van der Waals surface area (Å²) in [6.07, 6.45) is 2.67. The van der Waals surface area contributed by atoms with E-state index in [2.05, 4.69) is 51.7 Å². The predicted molar refractivity (Wildman–Crippen MR) is 81.2 cm³/mol. The van der Waals surface area contributed by atoms with Crippen LogP contribution in [0.25, 0.3) is 10.9 Å². The van der Waals surface area contributed by atoms with Gasteiger partial charge >= 0.3 is 0 Å². The lowest BCUT2D eigenvalue weighted by Gasteiger charge is -2.20. The first-order chi connectivity index (χ1) is 9.27. The monoisotopic (exact) mass is 276 g/mol. The second-order valence-corrected chi connectivity index (χ2v) is 6.56. The molecule has 2 aromatic heterocycles. The molecule has 2 heterocycles. The van der Waals surface area contributed by atoms with E-state index in [0.717, 1.165) is 17.5 Å². The maximum absolute atomic E-state index is 12.7. The van der Waals surface area contributed by atoms with Crippen LogP contribution >= 0.6 is 0 Å². The van der Waals surface area contributed by atoms with Gasteiger partial charge in [0.15, 0.2) is 0 Å². The molecule has 0 spiro atoms. The Kier molecular flexibility index (Phi) is 3.71. The molecule has 0 bridgehead atoms. The van der Waals surface area contributed by atoms with Crippen molar-refractivity contribution in [2.24, 2.45) is 0 Å². The molecule has 5 nitrogen and oxygen atoms in total. The molecule has 0 N–H and O–H groups in total. The number of nitrogens with zero attached hydrogens (tertiary/aromatic N) is 4. The third-order valence-corrected chi connectivity index (χ3v) is 3.33. The van der Waals surface area contributed by atoms with Gasteiger partial charge < -0.3 is 0 Å². The standard InChI is InChI=1S/C15H24N4O/c1-7-8-18-14(20)13-11(12(17-18)10(2)3)9-16-19(13)15(4,5)6/h9-10H,7-8H2,1-6H3. The fourth-order valence-electron chi connectivity index (χ4n) is 2.39. The molecular weight excluding hydrogens is 252 g/mol. The zero-order chi connectivity index (χ0) is 15.1. The number of fused-ring (bicyclic) bond motifs is 1. The van der Waals surface area contributed by atoms with Crippen LogP contribution in [0.5, 0.6) is 0 Å². The highest BCUT2D eigenvalue weighted by Crippen LogP contribution is 2.24.